The molecule has 1 aromatic rings. The molecule has 1 aromatic heterocycles. The van der Waals surface area contributed by atoms with E-state index in [2.05, 4.69) is 15.3 Å². The van der Waals surface area contributed by atoms with E-state index in [9.17, 15) is 4.79 Å². The highest BCUT2D eigenvalue weighted by Gasteiger charge is 2.17. The van der Waals surface area contributed by atoms with Crippen LogP contribution in [0.4, 0.5) is 4.79 Å². The third-order valence-electron chi connectivity index (χ3n) is 1.92. The zero-order valence-electron chi connectivity index (χ0n) is 10.7. The number of aromatic nitrogens is 2. The van der Waals surface area contributed by atoms with Crippen molar-refractivity contribution in [2.45, 2.75) is 45.8 Å². The van der Waals surface area contributed by atoms with Gasteiger partial charge in [-0.2, -0.15) is 0 Å². The molecule has 17 heavy (non-hydrogen) atoms. The zero-order chi connectivity index (χ0) is 12.9. The molecule has 1 rings (SSSR count). The Morgan fingerprint density at radius 1 is 1.41 bits per heavy atom. The number of rotatable bonds is 3. The summed E-state index contributed by atoms with van der Waals surface area (Å²) in [5.41, 5.74) is 0.510. The van der Waals surface area contributed by atoms with E-state index in [1.807, 2.05) is 27.7 Å². The minimum atomic E-state index is -0.473. The highest BCUT2D eigenvalue weighted by molar-refractivity contribution is 5.68. The summed E-state index contributed by atoms with van der Waals surface area (Å²) in [5, 5.41) is 2.77. The molecule has 1 N–H and O–H groups in total. The lowest BCUT2D eigenvalue weighted by Gasteiger charge is -2.21. The molecule has 0 bridgehead atoms. The van der Waals surface area contributed by atoms with E-state index in [-0.39, 0.29) is 6.04 Å². The molecule has 0 aliphatic heterocycles. The number of carbonyl (C=O) groups is 1. The van der Waals surface area contributed by atoms with Gasteiger partial charge in [0.15, 0.2) is 0 Å². The van der Waals surface area contributed by atoms with Gasteiger partial charge in [-0.3, -0.25) is 0 Å². The van der Waals surface area contributed by atoms with Crippen molar-refractivity contribution in [3.63, 3.8) is 0 Å². The van der Waals surface area contributed by atoms with E-state index in [1.165, 1.54) is 6.33 Å². The molecule has 5 heteroatoms. The molecule has 0 aliphatic rings. The first-order chi connectivity index (χ1) is 7.87. The van der Waals surface area contributed by atoms with Crippen LogP contribution in [0.5, 0.6) is 0 Å². The average molecular weight is 237 g/mol. The summed E-state index contributed by atoms with van der Waals surface area (Å²) in [4.78, 5) is 19.3. The van der Waals surface area contributed by atoms with Crippen LogP contribution in [0.25, 0.3) is 0 Å². The molecule has 0 fully saturated rings. The van der Waals surface area contributed by atoms with E-state index in [1.54, 1.807) is 12.4 Å². The molecule has 94 valence electrons. The molecular weight excluding hydrogens is 218 g/mol. The second-order valence-electron chi connectivity index (χ2n) is 5.00. The monoisotopic (exact) mass is 237 g/mol. The lowest BCUT2D eigenvalue weighted by atomic mass is 10.1. The molecule has 0 spiro atoms. The van der Waals surface area contributed by atoms with Crippen molar-refractivity contribution in [3.05, 3.63) is 24.3 Å². The number of nitrogens with one attached hydrogen (secondary N) is 1. The fourth-order valence-electron chi connectivity index (χ4n) is 1.35. The lowest BCUT2D eigenvalue weighted by Crippen LogP contribution is -2.38. The molecule has 0 saturated heterocycles. The van der Waals surface area contributed by atoms with Crippen LogP contribution in [0, 0.1) is 0 Å². The highest BCUT2D eigenvalue weighted by Crippen LogP contribution is 2.07. The third kappa shape index (κ3) is 5.85. The molecular formula is C12H19N3O2. The molecule has 5 nitrogen and oxygen atoms in total. The van der Waals surface area contributed by atoms with Crippen molar-refractivity contribution in [3.8, 4) is 0 Å². The Balaban J connectivity index is 2.40. The Hall–Kier alpha value is -1.65. The molecule has 1 heterocycles. The van der Waals surface area contributed by atoms with Gasteiger partial charge in [0.05, 0.1) is 0 Å². The van der Waals surface area contributed by atoms with Crippen LogP contribution in [-0.2, 0) is 11.2 Å². The minimum absolute atomic E-state index is 0.0177. The van der Waals surface area contributed by atoms with Gasteiger partial charge >= 0.3 is 6.09 Å². The maximum atomic E-state index is 11.5. The van der Waals surface area contributed by atoms with Gasteiger partial charge in [0.25, 0.3) is 0 Å². The second kappa shape index (κ2) is 5.61. The van der Waals surface area contributed by atoms with Gasteiger partial charge in [0, 0.05) is 18.4 Å². The summed E-state index contributed by atoms with van der Waals surface area (Å²) in [6.07, 6.45) is 5.23. The van der Waals surface area contributed by atoms with E-state index >= 15 is 0 Å². The summed E-state index contributed by atoms with van der Waals surface area (Å²) in [6, 6.07) is -0.0177. The Bertz CT molecular complexity index is 360. The van der Waals surface area contributed by atoms with Crippen LogP contribution in [-0.4, -0.2) is 27.7 Å². The normalized spacial score (nSPS) is 12.9. The Kier molecular flexibility index (Phi) is 4.43. The summed E-state index contributed by atoms with van der Waals surface area (Å²) >= 11 is 0. The number of amides is 1. The number of carbonyl (C=O) groups excluding carboxylic acids is 1. The summed E-state index contributed by atoms with van der Waals surface area (Å²) in [7, 11) is 0. The van der Waals surface area contributed by atoms with Crippen LogP contribution >= 0.6 is 0 Å². The first-order valence-electron chi connectivity index (χ1n) is 5.60. The summed E-state index contributed by atoms with van der Waals surface area (Å²) < 4.78 is 5.16. The maximum Gasteiger partial charge on any atom is 0.407 e. The topological polar surface area (TPSA) is 64.1 Å². The van der Waals surface area contributed by atoms with E-state index < -0.39 is 11.7 Å². The third-order valence-corrected chi connectivity index (χ3v) is 1.92. The van der Waals surface area contributed by atoms with Crippen molar-refractivity contribution in [2.75, 3.05) is 0 Å². The van der Waals surface area contributed by atoms with Gasteiger partial charge in [0.1, 0.15) is 11.9 Å². The van der Waals surface area contributed by atoms with Gasteiger partial charge < -0.3 is 10.1 Å². The quantitative estimate of drug-likeness (QED) is 0.872. The van der Waals surface area contributed by atoms with Crippen LogP contribution in [0.1, 0.15) is 33.3 Å². The van der Waals surface area contributed by atoms with Crippen molar-refractivity contribution >= 4 is 6.09 Å². The van der Waals surface area contributed by atoms with Crippen LogP contribution in [0.2, 0.25) is 0 Å². The smallest absolute Gasteiger partial charge is 0.407 e. The first-order valence-corrected chi connectivity index (χ1v) is 5.60. The SMILES string of the molecule is CC(Cc1cncnc1)NC(=O)OC(C)(C)C. The van der Waals surface area contributed by atoms with Crippen molar-refractivity contribution in [2.24, 2.45) is 0 Å². The number of ether oxygens (including phenoxy) is 1. The number of nitrogens with zero attached hydrogens (tertiary/aromatic N) is 2. The van der Waals surface area contributed by atoms with E-state index in [4.69, 9.17) is 4.74 Å². The van der Waals surface area contributed by atoms with Gasteiger partial charge in [-0.05, 0) is 39.7 Å². The summed E-state index contributed by atoms with van der Waals surface area (Å²) in [5.74, 6) is 0. The van der Waals surface area contributed by atoms with Crippen LogP contribution < -0.4 is 5.32 Å². The fourth-order valence-corrected chi connectivity index (χ4v) is 1.35. The average Bonchev–Trinajstić information content (AvgIpc) is 2.15. The summed E-state index contributed by atoms with van der Waals surface area (Å²) in [6.45, 7) is 7.42. The molecule has 0 radical (unpaired) electrons. The highest BCUT2D eigenvalue weighted by atomic mass is 16.6. The van der Waals surface area contributed by atoms with Gasteiger partial charge in [-0.25, -0.2) is 14.8 Å². The molecule has 1 unspecified atom stereocenters. The van der Waals surface area contributed by atoms with Crippen molar-refractivity contribution < 1.29 is 9.53 Å². The Labute approximate surface area is 102 Å². The number of hydrogen-bond acceptors (Lipinski definition) is 4. The second-order valence-corrected chi connectivity index (χ2v) is 5.00. The Morgan fingerprint density at radius 3 is 2.53 bits per heavy atom. The first kappa shape index (κ1) is 13.4. The molecule has 0 aliphatic carbocycles. The number of hydrogen-bond donors (Lipinski definition) is 1. The van der Waals surface area contributed by atoms with Crippen LogP contribution in [0.3, 0.4) is 0 Å². The maximum absolute atomic E-state index is 11.5. The van der Waals surface area contributed by atoms with E-state index in [0.717, 1.165) is 5.56 Å². The van der Waals surface area contributed by atoms with Gasteiger partial charge in [0.2, 0.25) is 0 Å². The lowest BCUT2D eigenvalue weighted by molar-refractivity contribution is 0.0508. The zero-order valence-corrected chi connectivity index (χ0v) is 10.7. The molecule has 1 amide bonds. The fraction of sp³-hybridized carbons (Fsp3) is 0.583. The molecule has 0 aromatic carbocycles. The predicted octanol–water partition coefficient (Wildman–Crippen LogP) is 1.93. The standard InChI is InChI=1S/C12H19N3O2/c1-9(5-10-6-13-8-14-7-10)15-11(16)17-12(2,3)4/h6-9H,5H2,1-4H3,(H,15,16). The molecule has 1 atom stereocenters. The minimum Gasteiger partial charge on any atom is -0.444 e. The van der Waals surface area contributed by atoms with Crippen LogP contribution in [0.15, 0.2) is 18.7 Å². The molecule has 0 saturated carbocycles. The Morgan fingerprint density at radius 2 is 2.00 bits per heavy atom. The van der Waals surface area contributed by atoms with Crippen molar-refractivity contribution in [1.82, 2.24) is 15.3 Å². The van der Waals surface area contributed by atoms with Gasteiger partial charge in [-0.15, -0.1) is 0 Å². The predicted molar refractivity (Wildman–Crippen MR) is 64.6 cm³/mol. The van der Waals surface area contributed by atoms with Gasteiger partial charge in [-0.1, -0.05) is 0 Å². The largest absolute Gasteiger partial charge is 0.444 e. The van der Waals surface area contributed by atoms with E-state index in [0.29, 0.717) is 6.42 Å². The number of alkyl carbamates (subject to hydrolysis) is 1. The van der Waals surface area contributed by atoms with Crippen molar-refractivity contribution in [1.29, 1.82) is 0 Å².